The van der Waals surface area contributed by atoms with E-state index in [4.69, 9.17) is 0 Å². The zero-order valence-electron chi connectivity index (χ0n) is 6.17. The van der Waals surface area contributed by atoms with Gasteiger partial charge in [0.2, 0.25) is 0 Å². The molecule has 0 aromatic heterocycles. The van der Waals surface area contributed by atoms with Crippen molar-refractivity contribution in [2.45, 2.75) is 13.3 Å². The zero-order chi connectivity index (χ0) is 9.83. The minimum Gasteiger partial charge on any atom is -0.293 e. The van der Waals surface area contributed by atoms with Crippen molar-refractivity contribution in [2.24, 2.45) is 0 Å². The largest absolute Gasteiger partial charge is 0.490 e. The van der Waals surface area contributed by atoms with Gasteiger partial charge in [-0.1, -0.05) is 6.92 Å². The van der Waals surface area contributed by atoms with Gasteiger partial charge in [-0.15, -0.1) is 17.4 Å². The van der Waals surface area contributed by atoms with Gasteiger partial charge in [0.15, 0.2) is 0 Å². The van der Waals surface area contributed by atoms with Gasteiger partial charge in [-0.2, -0.15) is 0 Å². The summed E-state index contributed by atoms with van der Waals surface area (Å²) in [7, 11) is -10.9. The summed E-state index contributed by atoms with van der Waals surface area (Å²) in [6.45, 7) is 1.30. The van der Waals surface area contributed by atoms with Crippen LogP contribution in [-0.2, 0) is 13.7 Å². The van der Waals surface area contributed by atoms with Crippen LogP contribution in [0.2, 0.25) is 0 Å². The first-order valence-corrected chi connectivity index (χ1v) is 6.00. The van der Waals surface area contributed by atoms with Crippen molar-refractivity contribution >= 4 is 15.7 Å². The van der Waals surface area contributed by atoms with E-state index in [0.29, 0.717) is 11.3 Å². The lowest BCUT2D eigenvalue weighted by Crippen LogP contribution is -2.02. The monoisotopic (exact) mass is 225 g/mol. The van der Waals surface area contributed by atoms with E-state index in [1.807, 2.05) is 0 Å². The van der Waals surface area contributed by atoms with E-state index in [9.17, 15) is 21.7 Å². The Morgan fingerprint density at radius 2 is 1.83 bits per heavy atom. The SMILES string of the molecule is CCCOP(=O)(F)NP(=O)(F)F. The lowest BCUT2D eigenvalue weighted by atomic mass is 10.5. The molecule has 0 fully saturated rings. The molecule has 0 saturated carbocycles. The first-order chi connectivity index (χ1) is 5.27. The molecule has 0 amide bonds. The summed E-state index contributed by atoms with van der Waals surface area (Å²) in [6.07, 6.45) is 0.318. The van der Waals surface area contributed by atoms with Gasteiger partial charge in [-0.25, -0.2) is 9.13 Å². The van der Waals surface area contributed by atoms with E-state index >= 15 is 0 Å². The zero-order valence-corrected chi connectivity index (χ0v) is 7.96. The van der Waals surface area contributed by atoms with Crippen molar-refractivity contribution in [3.8, 4) is 0 Å². The van der Waals surface area contributed by atoms with E-state index in [2.05, 4.69) is 4.52 Å². The van der Waals surface area contributed by atoms with Gasteiger partial charge in [-0.05, 0) is 6.42 Å². The van der Waals surface area contributed by atoms with Crippen molar-refractivity contribution < 1.29 is 26.2 Å². The maximum atomic E-state index is 12.3. The molecule has 0 aromatic rings. The van der Waals surface area contributed by atoms with Gasteiger partial charge >= 0.3 is 15.7 Å². The highest BCUT2D eigenvalue weighted by atomic mass is 31.3. The molecular weight excluding hydrogens is 217 g/mol. The fourth-order valence-electron chi connectivity index (χ4n) is 0.377. The molecule has 9 heteroatoms. The van der Waals surface area contributed by atoms with Crippen molar-refractivity contribution in [1.29, 1.82) is 0 Å². The molecule has 0 radical (unpaired) electrons. The Bertz CT molecular complexity index is 229. The molecule has 1 atom stereocenters. The highest BCUT2D eigenvalue weighted by molar-refractivity contribution is 7.67. The number of hydrogen-bond acceptors (Lipinski definition) is 3. The molecule has 0 spiro atoms. The summed E-state index contributed by atoms with van der Waals surface area (Å²) in [4.78, 5) is 0.519. The average molecular weight is 225 g/mol. The van der Waals surface area contributed by atoms with E-state index in [-0.39, 0.29) is 6.61 Å². The molecular formula is C3H8F3NO3P2. The van der Waals surface area contributed by atoms with Gasteiger partial charge in [0.25, 0.3) is 0 Å². The fraction of sp³-hybridized carbons (Fsp3) is 1.00. The molecule has 0 aromatic carbocycles. The average Bonchev–Trinajstić information content (AvgIpc) is 1.78. The van der Waals surface area contributed by atoms with E-state index in [1.165, 1.54) is 0 Å². The van der Waals surface area contributed by atoms with Crippen LogP contribution < -0.4 is 4.86 Å². The van der Waals surface area contributed by atoms with Gasteiger partial charge in [0, 0.05) is 0 Å². The van der Waals surface area contributed by atoms with Crippen LogP contribution in [0.15, 0.2) is 0 Å². The smallest absolute Gasteiger partial charge is 0.293 e. The lowest BCUT2D eigenvalue weighted by Gasteiger charge is -2.08. The van der Waals surface area contributed by atoms with Crippen molar-refractivity contribution in [3.05, 3.63) is 0 Å². The van der Waals surface area contributed by atoms with E-state index in [0.717, 1.165) is 0 Å². The van der Waals surface area contributed by atoms with Crippen molar-refractivity contribution in [1.82, 2.24) is 4.86 Å². The third-order valence-corrected chi connectivity index (χ3v) is 3.10. The Balaban J connectivity index is 4.05. The quantitative estimate of drug-likeness (QED) is 0.730. The Morgan fingerprint density at radius 3 is 2.17 bits per heavy atom. The van der Waals surface area contributed by atoms with Crippen LogP contribution in [0.4, 0.5) is 12.6 Å². The predicted octanol–water partition coefficient (Wildman–Crippen LogP) is 3.13. The summed E-state index contributed by atoms with van der Waals surface area (Å²) in [5.74, 6) is 0. The first-order valence-electron chi connectivity index (χ1n) is 3.00. The van der Waals surface area contributed by atoms with Gasteiger partial charge in [0.1, 0.15) is 0 Å². The Hall–Kier alpha value is 0.170. The maximum absolute atomic E-state index is 12.3. The van der Waals surface area contributed by atoms with E-state index < -0.39 is 15.7 Å². The number of halogens is 3. The molecule has 0 heterocycles. The van der Waals surface area contributed by atoms with Crippen molar-refractivity contribution in [3.63, 3.8) is 0 Å². The van der Waals surface area contributed by atoms with Crippen LogP contribution in [0.25, 0.3) is 0 Å². The molecule has 74 valence electrons. The van der Waals surface area contributed by atoms with Crippen LogP contribution in [0.5, 0.6) is 0 Å². The number of rotatable bonds is 5. The molecule has 4 nitrogen and oxygen atoms in total. The van der Waals surface area contributed by atoms with Crippen LogP contribution >= 0.6 is 15.7 Å². The van der Waals surface area contributed by atoms with Crippen LogP contribution in [-0.4, -0.2) is 6.61 Å². The Labute approximate surface area is 67.8 Å². The lowest BCUT2D eigenvalue weighted by molar-refractivity contribution is 0.282. The highest BCUT2D eigenvalue weighted by Gasteiger charge is 2.34. The number of nitrogens with one attached hydrogen (secondary N) is 1. The summed E-state index contributed by atoms with van der Waals surface area (Å²) < 4.78 is 59.4. The first kappa shape index (κ1) is 12.2. The third-order valence-electron chi connectivity index (χ3n) is 0.697. The summed E-state index contributed by atoms with van der Waals surface area (Å²) >= 11 is 0. The second kappa shape index (κ2) is 4.42. The summed E-state index contributed by atoms with van der Waals surface area (Å²) in [6, 6.07) is 0. The summed E-state index contributed by atoms with van der Waals surface area (Å²) in [5.41, 5.74) is 0. The van der Waals surface area contributed by atoms with Gasteiger partial charge < -0.3 is 0 Å². The standard InChI is InChI=1S/C3H8F3NO3P2/c1-2-3-10-12(6,9)7-11(4,5)8/h2-3H2,1H3,(H,7,8,9). The molecule has 1 N–H and O–H groups in total. The maximum Gasteiger partial charge on any atom is 0.490 e. The normalized spacial score (nSPS) is 17.3. The highest BCUT2D eigenvalue weighted by Crippen LogP contribution is 2.58. The minimum atomic E-state index is -5.84. The van der Waals surface area contributed by atoms with Crippen LogP contribution in [0.3, 0.4) is 0 Å². The molecule has 0 aliphatic heterocycles. The van der Waals surface area contributed by atoms with Crippen LogP contribution in [0, 0.1) is 0 Å². The molecule has 0 rings (SSSR count). The molecule has 12 heavy (non-hydrogen) atoms. The number of hydrogen-bond donors (Lipinski definition) is 1. The molecule has 0 aliphatic carbocycles. The molecule has 1 unspecified atom stereocenters. The molecule has 0 saturated heterocycles. The van der Waals surface area contributed by atoms with Crippen LogP contribution in [0.1, 0.15) is 13.3 Å². The van der Waals surface area contributed by atoms with Crippen molar-refractivity contribution in [2.75, 3.05) is 6.61 Å². The second-order valence-corrected chi connectivity index (χ2v) is 4.82. The topological polar surface area (TPSA) is 55.4 Å². The third kappa shape index (κ3) is 6.85. The van der Waals surface area contributed by atoms with Gasteiger partial charge in [0.05, 0.1) is 6.61 Å². The predicted molar refractivity (Wildman–Crippen MR) is 37.9 cm³/mol. The second-order valence-electron chi connectivity index (χ2n) is 1.88. The van der Waals surface area contributed by atoms with Gasteiger partial charge in [-0.3, -0.25) is 4.52 Å². The fourth-order valence-corrected chi connectivity index (χ4v) is 2.14. The minimum absolute atomic E-state index is 0.277. The Kier molecular flexibility index (Phi) is 4.48. The molecule has 0 bridgehead atoms. The Morgan fingerprint density at radius 1 is 1.33 bits per heavy atom. The van der Waals surface area contributed by atoms with E-state index in [1.54, 1.807) is 6.92 Å². The summed E-state index contributed by atoms with van der Waals surface area (Å²) in [5, 5.41) is 0. The molecule has 0 aliphatic rings.